The summed E-state index contributed by atoms with van der Waals surface area (Å²) in [5.74, 6) is -0.323. The van der Waals surface area contributed by atoms with Crippen molar-refractivity contribution in [3.05, 3.63) is 64.6 Å². The molecule has 0 bridgehead atoms. The number of nitrogens with one attached hydrogen (secondary N) is 1. The number of halogens is 1. The third kappa shape index (κ3) is 3.51. The van der Waals surface area contributed by atoms with Crippen LogP contribution in [0.5, 0.6) is 0 Å². The van der Waals surface area contributed by atoms with E-state index >= 15 is 0 Å². The second-order valence-corrected chi connectivity index (χ2v) is 7.11. The molecular weight excluding hydrogens is 368 g/mol. The highest BCUT2D eigenvalue weighted by Gasteiger charge is 2.57. The van der Waals surface area contributed by atoms with E-state index in [2.05, 4.69) is 21.2 Å². The van der Waals surface area contributed by atoms with Crippen molar-refractivity contribution in [2.45, 2.75) is 19.4 Å². The zero-order valence-electron chi connectivity index (χ0n) is 13.5. The van der Waals surface area contributed by atoms with Gasteiger partial charge in [-0.05, 0) is 42.7 Å². The molecule has 0 aliphatic heterocycles. The van der Waals surface area contributed by atoms with Crippen molar-refractivity contribution in [2.24, 2.45) is 5.41 Å². The zero-order chi connectivity index (χ0) is 17.2. The highest BCUT2D eigenvalue weighted by Crippen LogP contribution is 2.48. The summed E-state index contributed by atoms with van der Waals surface area (Å²) in [5.41, 5.74) is 0.849. The number of benzene rings is 2. The Morgan fingerprint density at radius 2 is 1.71 bits per heavy atom. The van der Waals surface area contributed by atoms with Gasteiger partial charge < -0.3 is 10.2 Å². The maximum absolute atomic E-state index is 12.8. The molecule has 0 saturated heterocycles. The van der Waals surface area contributed by atoms with Crippen LogP contribution in [0.2, 0.25) is 0 Å². The SMILES string of the molecule is CN(Cc1ccccc1)C(=O)C1(C(=O)Nc2ccc(Br)cc2)CC1. The fourth-order valence-electron chi connectivity index (χ4n) is 2.74. The van der Waals surface area contributed by atoms with Gasteiger partial charge in [-0.15, -0.1) is 0 Å². The minimum Gasteiger partial charge on any atom is -0.340 e. The molecule has 0 aromatic heterocycles. The fourth-order valence-corrected chi connectivity index (χ4v) is 3.01. The summed E-state index contributed by atoms with van der Waals surface area (Å²) in [6.45, 7) is 0.507. The second kappa shape index (κ2) is 6.77. The van der Waals surface area contributed by atoms with E-state index in [9.17, 15) is 9.59 Å². The van der Waals surface area contributed by atoms with E-state index in [-0.39, 0.29) is 11.8 Å². The number of hydrogen-bond acceptors (Lipinski definition) is 2. The Labute approximate surface area is 150 Å². The Morgan fingerprint density at radius 1 is 1.08 bits per heavy atom. The van der Waals surface area contributed by atoms with Gasteiger partial charge in [-0.2, -0.15) is 0 Å². The lowest BCUT2D eigenvalue weighted by Crippen LogP contribution is -2.40. The van der Waals surface area contributed by atoms with Gasteiger partial charge >= 0.3 is 0 Å². The predicted molar refractivity (Wildman–Crippen MR) is 97.4 cm³/mol. The highest BCUT2D eigenvalue weighted by atomic mass is 79.9. The van der Waals surface area contributed by atoms with Crippen molar-refractivity contribution in [1.82, 2.24) is 4.90 Å². The van der Waals surface area contributed by atoms with Gasteiger partial charge in [-0.25, -0.2) is 0 Å². The molecule has 0 unspecified atom stereocenters. The van der Waals surface area contributed by atoms with Crippen LogP contribution >= 0.6 is 15.9 Å². The monoisotopic (exact) mass is 386 g/mol. The van der Waals surface area contributed by atoms with Gasteiger partial charge in [-0.1, -0.05) is 46.3 Å². The molecule has 0 radical (unpaired) electrons. The first kappa shape index (κ1) is 16.7. The number of amides is 2. The van der Waals surface area contributed by atoms with E-state index in [0.717, 1.165) is 10.0 Å². The Hall–Kier alpha value is -2.14. The Balaban J connectivity index is 1.67. The molecule has 1 fully saturated rings. The van der Waals surface area contributed by atoms with Crippen LogP contribution in [0.25, 0.3) is 0 Å². The number of nitrogens with zero attached hydrogens (tertiary/aromatic N) is 1. The lowest BCUT2D eigenvalue weighted by molar-refractivity contribution is -0.141. The molecule has 4 nitrogen and oxygen atoms in total. The van der Waals surface area contributed by atoms with Crippen LogP contribution in [-0.2, 0) is 16.1 Å². The lowest BCUT2D eigenvalue weighted by Gasteiger charge is -2.23. The van der Waals surface area contributed by atoms with Crippen molar-refractivity contribution < 1.29 is 9.59 Å². The highest BCUT2D eigenvalue weighted by molar-refractivity contribution is 9.10. The van der Waals surface area contributed by atoms with Crippen molar-refractivity contribution in [1.29, 1.82) is 0 Å². The van der Waals surface area contributed by atoms with Crippen LogP contribution in [0.3, 0.4) is 0 Å². The van der Waals surface area contributed by atoms with Crippen molar-refractivity contribution in [3.63, 3.8) is 0 Å². The summed E-state index contributed by atoms with van der Waals surface area (Å²) >= 11 is 3.36. The molecular formula is C19H19BrN2O2. The van der Waals surface area contributed by atoms with Gasteiger partial charge in [0, 0.05) is 23.8 Å². The molecule has 3 rings (SSSR count). The smallest absolute Gasteiger partial charge is 0.240 e. The Kier molecular flexibility index (Phi) is 4.71. The first-order valence-electron chi connectivity index (χ1n) is 7.88. The number of rotatable bonds is 5. The van der Waals surface area contributed by atoms with E-state index in [1.54, 1.807) is 11.9 Å². The number of carbonyl (C=O) groups excluding carboxylic acids is 2. The van der Waals surface area contributed by atoms with Crippen LogP contribution in [0.1, 0.15) is 18.4 Å². The molecule has 2 amide bonds. The third-order valence-electron chi connectivity index (χ3n) is 4.31. The van der Waals surface area contributed by atoms with E-state index in [4.69, 9.17) is 0 Å². The van der Waals surface area contributed by atoms with Gasteiger partial charge in [0.1, 0.15) is 5.41 Å². The van der Waals surface area contributed by atoms with Crippen LogP contribution in [0, 0.1) is 5.41 Å². The van der Waals surface area contributed by atoms with Gasteiger partial charge in [0.25, 0.3) is 0 Å². The quantitative estimate of drug-likeness (QED) is 0.793. The van der Waals surface area contributed by atoms with Crippen LogP contribution in [0.4, 0.5) is 5.69 Å². The molecule has 2 aromatic rings. The maximum Gasteiger partial charge on any atom is 0.240 e. The van der Waals surface area contributed by atoms with E-state index < -0.39 is 5.41 Å². The normalized spacial score (nSPS) is 14.8. The van der Waals surface area contributed by atoms with E-state index in [0.29, 0.717) is 25.1 Å². The lowest BCUT2D eigenvalue weighted by atomic mass is 10.0. The summed E-state index contributed by atoms with van der Waals surface area (Å²) in [6, 6.07) is 17.1. The first-order chi connectivity index (χ1) is 11.5. The molecule has 0 atom stereocenters. The average molecular weight is 387 g/mol. The molecule has 2 aromatic carbocycles. The minimum absolute atomic E-state index is 0.110. The van der Waals surface area contributed by atoms with Crippen molar-refractivity contribution in [2.75, 3.05) is 12.4 Å². The molecule has 0 heterocycles. The van der Waals surface area contributed by atoms with Gasteiger partial charge in [-0.3, -0.25) is 9.59 Å². The fraction of sp³-hybridized carbons (Fsp3) is 0.263. The van der Waals surface area contributed by atoms with Crippen molar-refractivity contribution in [3.8, 4) is 0 Å². The molecule has 5 heteroatoms. The summed E-state index contributed by atoms with van der Waals surface area (Å²) in [4.78, 5) is 27.0. The summed E-state index contributed by atoms with van der Waals surface area (Å²) in [6.07, 6.45) is 1.21. The number of carbonyl (C=O) groups is 2. The van der Waals surface area contributed by atoms with Gasteiger partial charge in [0.05, 0.1) is 0 Å². The largest absolute Gasteiger partial charge is 0.340 e. The summed E-state index contributed by atoms with van der Waals surface area (Å²) in [5, 5.41) is 2.86. The molecule has 1 N–H and O–H groups in total. The number of anilines is 1. The maximum atomic E-state index is 12.8. The molecule has 124 valence electrons. The standard InChI is InChI=1S/C19H19BrN2O2/c1-22(13-14-5-3-2-4-6-14)18(24)19(11-12-19)17(23)21-16-9-7-15(20)8-10-16/h2-10H,11-13H2,1H3,(H,21,23). The van der Waals surface area contributed by atoms with Gasteiger partial charge in [0.2, 0.25) is 11.8 Å². The third-order valence-corrected chi connectivity index (χ3v) is 4.83. The van der Waals surface area contributed by atoms with Crippen LogP contribution < -0.4 is 5.32 Å². The van der Waals surface area contributed by atoms with Crippen molar-refractivity contribution >= 4 is 33.4 Å². The predicted octanol–water partition coefficient (Wildman–Crippen LogP) is 3.83. The summed E-state index contributed by atoms with van der Waals surface area (Å²) < 4.78 is 0.945. The Bertz CT molecular complexity index is 740. The van der Waals surface area contributed by atoms with Gasteiger partial charge in [0.15, 0.2) is 0 Å². The average Bonchev–Trinajstić information content (AvgIpc) is 3.39. The zero-order valence-corrected chi connectivity index (χ0v) is 15.0. The second-order valence-electron chi connectivity index (χ2n) is 6.19. The molecule has 1 aliphatic carbocycles. The number of hydrogen-bond donors (Lipinski definition) is 1. The van der Waals surface area contributed by atoms with Crippen LogP contribution in [0.15, 0.2) is 59.1 Å². The van der Waals surface area contributed by atoms with E-state index in [1.165, 1.54) is 0 Å². The van der Waals surface area contributed by atoms with E-state index in [1.807, 2.05) is 54.6 Å². The Morgan fingerprint density at radius 3 is 2.29 bits per heavy atom. The molecule has 24 heavy (non-hydrogen) atoms. The first-order valence-corrected chi connectivity index (χ1v) is 8.67. The topological polar surface area (TPSA) is 49.4 Å². The summed E-state index contributed by atoms with van der Waals surface area (Å²) in [7, 11) is 1.75. The van der Waals surface area contributed by atoms with Crippen LogP contribution in [-0.4, -0.2) is 23.8 Å². The molecule has 1 aliphatic rings. The minimum atomic E-state index is -0.906. The molecule has 0 spiro atoms. The molecule has 1 saturated carbocycles.